The van der Waals surface area contributed by atoms with E-state index in [9.17, 15) is 0 Å². The van der Waals surface area contributed by atoms with Gasteiger partial charge in [-0.2, -0.15) is 5.10 Å². The van der Waals surface area contributed by atoms with E-state index in [2.05, 4.69) is 22.4 Å². The minimum atomic E-state index is 0.243. The minimum Gasteiger partial charge on any atom is -0.329 e. The molecule has 0 saturated heterocycles. The van der Waals surface area contributed by atoms with Crippen LogP contribution in [0.1, 0.15) is 25.1 Å². The number of hydrogen-bond donors (Lipinski definition) is 3. The van der Waals surface area contributed by atoms with Crippen LogP contribution in [0.25, 0.3) is 0 Å². The van der Waals surface area contributed by atoms with E-state index in [1.807, 2.05) is 6.07 Å². The molecule has 4 N–H and O–H groups in total. The predicted molar refractivity (Wildman–Crippen MR) is 53.7 cm³/mol. The fraction of sp³-hybridized carbons (Fsp3) is 0.625. The van der Waals surface area contributed by atoms with Crippen molar-refractivity contribution in [2.75, 3.05) is 13.1 Å². The number of rotatable bonds is 5. The van der Waals surface area contributed by atoms with E-state index in [-0.39, 0.29) is 6.04 Å². The Kier molecular flexibility index (Phi) is 4.21. The number of nitrogens with two attached hydrogens (primary N) is 1. The molecule has 0 aromatic carbocycles. The summed E-state index contributed by atoms with van der Waals surface area (Å²) in [5.41, 5.74) is 6.34. The van der Waals surface area contributed by atoms with Crippen molar-refractivity contribution < 1.29 is 0 Å². The molecule has 0 bridgehead atoms. The lowest BCUT2D eigenvalue weighted by atomic mass is 10.1. The number of halogens is 1. The molecule has 0 aliphatic carbocycles. The van der Waals surface area contributed by atoms with E-state index in [0.29, 0.717) is 11.7 Å². The van der Waals surface area contributed by atoms with Gasteiger partial charge in [-0.15, -0.1) is 0 Å². The minimum absolute atomic E-state index is 0.243. The summed E-state index contributed by atoms with van der Waals surface area (Å²) in [5.74, 6) is 0. The molecule has 5 heteroatoms. The van der Waals surface area contributed by atoms with Gasteiger partial charge in [0.2, 0.25) is 0 Å². The van der Waals surface area contributed by atoms with Crippen molar-refractivity contribution >= 4 is 11.6 Å². The van der Waals surface area contributed by atoms with E-state index < -0.39 is 0 Å². The first-order valence-corrected chi connectivity index (χ1v) is 4.80. The van der Waals surface area contributed by atoms with Gasteiger partial charge in [-0.1, -0.05) is 18.5 Å². The van der Waals surface area contributed by atoms with Crippen LogP contribution in [0.4, 0.5) is 0 Å². The molecule has 0 saturated carbocycles. The summed E-state index contributed by atoms with van der Waals surface area (Å²) in [7, 11) is 0. The van der Waals surface area contributed by atoms with Crippen LogP contribution >= 0.6 is 11.6 Å². The van der Waals surface area contributed by atoms with Crippen LogP contribution in [-0.4, -0.2) is 23.3 Å². The zero-order chi connectivity index (χ0) is 9.68. The Morgan fingerprint density at radius 3 is 3.00 bits per heavy atom. The lowest BCUT2D eigenvalue weighted by molar-refractivity contribution is 0.514. The summed E-state index contributed by atoms with van der Waals surface area (Å²) in [4.78, 5) is 0. The third kappa shape index (κ3) is 2.99. The second-order valence-electron chi connectivity index (χ2n) is 2.84. The predicted octanol–water partition coefficient (Wildman–Crippen LogP) is 1.06. The molecule has 0 fully saturated rings. The normalized spacial score (nSPS) is 13.2. The zero-order valence-corrected chi connectivity index (χ0v) is 8.43. The number of H-pyrrole nitrogens is 1. The highest BCUT2D eigenvalue weighted by atomic mass is 35.5. The van der Waals surface area contributed by atoms with E-state index in [4.69, 9.17) is 17.3 Å². The molecule has 1 aromatic heterocycles. The number of nitrogens with zero attached hydrogens (tertiary/aromatic N) is 1. The standard InChI is InChI=1S/C8H15ClN4/c1-2-6(11-4-3-10)7-5-8(9)13-12-7/h5-6,11H,2-4,10H2,1H3,(H,12,13). The Hall–Kier alpha value is -0.580. The lowest BCUT2D eigenvalue weighted by Crippen LogP contribution is -2.27. The Bertz CT molecular complexity index is 248. The van der Waals surface area contributed by atoms with Crippen LogP contribution in [0.3, 0.4) is 0 Å². The van der Waals surface area contributed by atoms with E-state index >= 15 is 0 Å². The number of aromatic nitrogens is 2. The summed E-state index contributed by atoms with van der Waals surface area (Å²) in [6.07, 6.45) is 0.973. The van der Waals surface area contributed by atoms with Crippen molar-refractivity contribution in [2.24, 2.45) is 5.73 Å². The van der Waals surface area contributed by atoms with Gasteiger partial charge in [0.1, 0.15) is 5.15 Å². The Morgan fingerprint density at radius 2 is 2.54 bits per heavy atom. The van der Waals surface area contributed by atoms with Crippen molar-refractivity contribution in [2.45, 2.75) is 19.4 Å². The molecule has 1 aromatic rings. The van der Waals surface area contributed by atoms with Crippen LogP contribution in [-0.2, 0) is 0 Å². The highest BCUT2D eigenvalue weighted by Crippen LogP contribution is 2.16. The van der Waals surface area contributed by atoms with Crippen LogP contribution < -0.4 is 11.1 Å². The zero-order valence-electron chi connectivity index (χ0n) is 7.68. The average molecular weight is 203 g/mol. The molecule has 0 spiro atoms. The highest BCUT2D eigenvalue weighted by molar-refractivity contribution is 6.29. The summed E-state index contributed by atoms with van der Waals surface area (Å²) in [6, 6.07) is 2.08. The Balaban J connectivity index is 2.56. The lowest BCUT2D eigenvalue weighted by Gasteiger charge is -2.12. The molecule has 13 heavy (non-hydrogen) atoms. The van der Waals surface area contributed by atoms with Gasteiger partial charge < -0.3 is 11.1 Å². The van der Waals surface area contributed by atoms with Gasteiger partial charge in [0.15, 0.2) is 0 Å². The maximum Gasteiger partial charge on any atom is 0.124 e. The fourth-order valence-corrected chi connectivity index (χ4v) is 1.36. The fourth-order valence-electron chi connectivity index (χ4n) is 1.21. The van der Waals surface area contributed by atoms with Gasteiger partial charge in [0, 0.05) is 13.1 Å². The van der Waals surface area contributed by atoms with Crippen molar-refractivity contribution in [3.05, 3.63) is 16.9 Å². The van der Waals surface area contributed by atoms with Crippen LogP contribution in [0.15, 0.2) is 6.07 Å². The molecular weight excluding hydrogens is 188 g/mol. The van der Waals surface area contributed by atoms with Gasteiger partial charge in [-0.3, -0.25) is 5.10 Å². The SMILES string of the molecule is CCC(NCCN)c1cc(Cl)[nH]n1. The Morgan fingerprint density at radius 1 is 1.77 bits per heavy atom. The Labute approximate surface area is 82.8 Å². The third-order valence-electron chi connectivity index (χ3n) is 1.87. The van der Waals surface area contributed by atoms with Crippen molar-refractivity contribution in [1.82, 2.24) is 15.5 Å². The molecule has 74 valence electrons. The highest BCUT2D eigenvalue weighted by Gasteiger charge is 2.10. The molecule has 0 aliphatic rings. The average Bonchev–Trinajstić information content (AvgIpc) is 2.54. The number of hydrogen-bond acceptors (Lipinski definition) is 3. The topological polar surface area (TPSA) is 66.7 Å². The van der Waals surface area contributed by atoms with Gasteiger partial charge in [-0.25, -0.2) is 0 Å². The molecule has 1 heterocycles. The first-order valence-electron chi connectivity index (χ1n) is 4.42. The summed E-state index contributed by atoms with van der Waals surface area (Å²) in [5, 5.41) is 10.6. The summed E-state index contributed by atoms with van der Waals surface area (Å²) >= 11 is 5.72. The van der Waals surface area contributed by atoms with E-state index in [0.717, 1.165) is 18.7 Å². The molecule has 0 amide bonds. The molecule has 1 atom stereocenters. The third-order valence-corrected chi connectivity index (χ3v) is 2.06. The molecular formula is C8H15ClN4. The van der Waals surface area contributed by atoms with E-state index in [1.54, 1.807) is 0 Å². The van der Waals surface area contributed by atoms with Crippen molar-refractivity contribution in [3.8, 4) is 0 Å². The molecule has 1 rings (SSSR count). The van der Waals surface area contributed by atoms with Gasteiger partial charge in [0.25, 0.3) is 0 Å². The largest absolute Gasteiger partial charge is 0.329 e. The van der Waals surface area contributed by atoms with Crippen LogP contribution in [0.5, 0.6) is 0 Å². The monoisotopic (exact) mass is 202 g/mol. The smallest absolute Gasteiger partial charge is 0.124 e. The second-order valence-corrected chi connectivity index (χ2v) is 3.25. The quantitative estimate of drug-likeness (QED) is 0.669. The maximum atomic E-state index is 5.72. The van der Waals surface area contributed by atoms with Crippen LogP contribution in [0.2, 0.25) is 5.15 Å². The second kappa shape index (κ2) is 5.21. The van der Waals surface area contributed by atoms with Crippen molar-refractivity contribution in [1.29, 1.82) is 0 Å². The van der Waals surface area contributed by atoms with Gasteiger partial charge in [0.05, 0.1) is 11.7 Å². The molecule has 0 radical (unpaired) electrons. The van der Waals surface area contributed by atoms with Gasteiger partial charge in [-0.05, 0) is 12.5 Å². The van der Waals surface area contributed by atoms with Crippen molar-refractivity contribution in [3.63, 3.8) is 0 Å². The molecule has 0 aliphatic heterocycles. The summed E-state index contributed by atoms with van der Waals surface area (Å²) in [6.45, 7) is 3.52. The van der Waals surface area contributed by atoms with Gasteiger partial charge >= 0.3 is 0 Å². The molecule has 1 unspecified atom stereocenters. The first-order chi connectivity index (χ1) is 6.27. The van der Waals surface area contributed by atoms with Crippen LogP contribution in [0, 0.1) is 0 Å². The molecule has 4 nitrogen and oxygen atoms in total. The summed E-state index contributed by atoms with van der Waals surface area (Å²) < 4.78 is 0. The first kappa shape index (κ1) is 10.5. The van der Waals surface area contributed by atoms with E-state index in [1.165, 1.54) is 0 Å². The number of aromatic amines is 1. The number of nitrogens with one attached hydrogen (secondary N) is 2. The maximum absolute atomic E-state index is 5.72.